The van der Waals surface area contributed by atoms with Crippen LogP contribution in [0.15, 0.2) is 52.4 Å². The summed E-state index contributed by atoms with van der Waals surface area (Å²) < 4.78 is 35.5. The number of hydrogen-bond acceptors (Lipinski definition) is 8. The van der Waals surface area contributed by atoms with E-state index in [1.54, 1.807) is 18.2 Å². The Morgan fingerprint density at radius 2 is 1.66 bits per heavy atom. The number of sulfone groups is 1. The van der Waals surface area contributed by atoms with Gasteiger partial charge in [-0.25, -0.2) is 13.2 Å². The molecule has 0 aliphatic rings. The van der Waals surface area contributed by atoms with Crippen LogP contribution in [0.4, 0.5) is 0 Å². The lowest BCUT2D eigenvalue weighted by Crippen LogP contribution is -2.22. The van der Waals surface area contributed by atoms with Gasteiger partial charge in [0.2, 0.25) is 0 Å². The van der Waals surface area contributed by atoms with Gasteiger partial charge in [0, 0.05) is 5.56 Å². The molecule has 0 fully saturated rings. The average Bonchev–Trinajstić information content (AvgIpc) is 3.14. The van der Waals surface area contributed by atoms with Crippen LogP contribution in [0.25, 0.3) is 10.2 Å². The molecular formula is C21H20N2O7S2. The zero-order valence-electron chi connectivity index (χ0n) is 17.5. The molecule has 0 N–H and O–H groups in total. The third-order valence-electron chi connectivity index (χ3n) is 4.66. The van der Waals surface area contributed by atoms with E-state index in [9.17, 15) is 22.8 Å². The summed E-state index contributed by atoms with van der Waals surface area (Å²) in [5, 5.41) is 0. The largest absolute Gasteiger partial charge is 0.468 e. The summed E-state index contributed by atoms with van der Waals surface area (Å²) in [4.78, 5) is 41.0. The van der Waals surface area contributed by atoms with Crippen LogP contribution in [0.2, 0.25) is 0 Å². The minimum atomic E-state index is -3.39. The van der Waals surface area contributed by atoms with Crippen molar-refractivity contribution in [2.24, 2.45) is 4.99 Å². The lowest BCUT2D eigenvalue weighted by atomic mass is 10.2. The molecule has 9 nitrogen and oxygen atoms in total. The molecule has 0 spiro atoms. The van der Waals surface area contributed by atoms with E-state index in [2.05, 4.69) is 4.99 Å². The van der Waals surface area contributed by atoms with Gasteiger partial charge in [0.1, 0.15) is 6.54 Å². The first-order chi connectivity index (χ1) is 15.2. The second-order valence-electron chi connectivity index (χ2n) is 6.57. The van der Waals surface area contributed by atoms with Crippen molar-refractivity contribution >= 4 is 49.2 Å². The van der Waals surface area contributed by atoms with Crippen LogP contribution in [-0.2, 0) is 30.7 Å². The van der Waals surface area contributed by atoms with Crippen LogP contribution in [0, 0.1) is 0 Å². The Balaban J connectivity index is 2.08. The molecule has 3 aromatic rings. The topological polar surface area (TPSA) is 121 Å². The molecule has 0 saturated heterocycles. The van der Waals surface area contributed by atoms with Gasteiger partial charge in [0.25, 0.3) is 5.91 Å². The number of esters is 2. The van der Waals surface area contributed by atoms with Crippen LogP contribution >= 0.6 is 11.3 Å². The van der Waals surface area contributed by atoms with E-state index >= 15 is 0 Å². The SMILES string of the molecule is CCS(=O)(=O)c1ccc(C(=O)N=c2sc3cc(C(=O)OC)ccc3n2CC(=O)OC)cc1. The fraction of sp³-hybridized carbons (Fsp3) is 0.238. The molecule has 0 aliphatic heterocycles. The fourth-order valence-corrected chi connectivity index (χ4v) is 4.82. The Bertz CT molecular complexity index is 1370. The highest BCUT2D eigenvalue weighted by Gasteiger charge is 2.16. The summed E-state index contributed by atoms with van der Waals surface area (Å²) >= 11 is 1.12. The van der Waals surface area contributed by atoms with Crippen molar-refractivity contribution in [3.63, 3.8) is 0 Å². The second-order valence-corrected chi connectivity index (χ2v) is 9.85. The molecule has 3 rings (SSSR count). The third-order valence-corrected chi connectivity index (χ3v) is 7.45. The van der Waals surface area contributed by atoms with Crippen molar-refractivity contribution in [1.29, 1.82) is 0 Å². The summed E-state index contributed by atoms with van der Waals surface area (Å²) in [5.74, 6) is -1.71. The smallest absolute Gasteiger partial charge is 0.337 e. The number of carbonyl (C=O) groups is 3. The molecule has 1 heterocycles. The van der Waals surface area contributed by atoms with Gasteiger partial charge in [-0.1, -0.05) is 18.3 Å². The van der Waals surface area contributed by atoms with Crippen molar-refractivity contribution in [3.8, 4) is 0 Å². The number of methoxy groups -OCH3 is 2. The monoisotopic (exact) mass is 476 g/mol. The zero-order chi connectivity index (χ0) is 23.5. The molecule has 32 heavy (non-hydrogen) atoms. The number of amides is 1. The van der Waals surface area contributed by atoms with Gasteiger partial charge in [-0.3, -0.25) is 9.59 Å². The molecular weight excluding hydrogens is 456 g/mol. The third kappa shape index (κ3) is 4.78. The van der Waals surface area contributed by atoms with Crippen LogP contribution < -0.4 is 4.80 Å². The first kappa shape index (κ1) is 23.4. The number of thiazole rings is 1. The van der Waals surface area contributed by atoms with Gasteiger partial charge < -0.3 is 14.0 Å². The summed E-state index contributed by atoms with van der Waals surface area (Å²) in [6, 6.07) is 10.3. The zero-order valence-corrected chi connectivity index (χ0v) is 19.2. The lowest BCUT2D eigenvalue weighted by Gasteiger charge is -2.04. The lowest BCUT2D eigenvalue weighted by molar-refractivity contribution is -0.141. The molecule has 1 amide bonds. The van der Waals surface area contributed by atoms with Gasteiger partial charge in [-0.05, 0) is 42.5 Å². The number of aromatic nitrogens is 1. The van der Waals surface area contributed by atoms with E-state index in [0.717, 1.165) is 11.3 Å². The molecule has 0 aliphatic carbocycles. The Kier molecular flexibility index (Phi) is 6.90. The van der Waals surface area contributed by atoms with E-state index < -0.39 is 27.7 Å². The molecule has 0 unspecified atom stereocenters. The van der Waals surface area contributed by atoms with Crippen molar-refractivity contribution in [2.75, 3.05) is 20.0 Å². The summed E-state index contributed by atoms with van der Waals surface area (Å²) in [6.07, 6.45) is 0. The Hall–Kier alpha value is -3.31. The van der Waals surface area contributed by atoms with E-state index in [1.807, 2.05) is 0 Å². The second kappa shape index (κ2) is 9.45. The number of hydrogen-bond donors (Lipinski definition) is 0. The molecule has 0 atom stereocenters. The van der Waals surface area contributed by atoms with Crippen molar-refractivity contribution in [1.82, 2.24) is 4.57 Å². The minimum Gasteiger partial charge on any atom is -0.468 e. The Morgan fingerprint density at radius 3 is 2.25 bits per heavy atom. The number of rotatable bonds is 6. The summed E-state index contributed by atoms with van der Waals surface area (Å²) in [6.45, 7) is 1.35. The quantitative estimate of drug-likeness (QED) is 0.500. The van der Waals surface area contributed by atoms with Crippen LogP contribution in [0.1, 0.15) is 27.6 Å². The maximum absolute atomic E-state index is 12.7. The van der Waals surface area contributed by atoms with Crippen molar-refractivity contribution in [2.45, 2.75) is 18.4 Å². The average molecular weight is 477 g/mol. The molecule has 1 aromatic heterocycles. The first-order valence-electron chi connectivity index (χ1n) is 9.40. The van der Waals surface area contributed by atoms with E-state index in [0.29, 0.717) is 15.8 Å². The first-order valence-corrected chi connectivity index (χ1v) is 11.9. The number of benzene rings is 2. The Morgan fingerprint density at radius 1 is 1.00 bits per heavy atom. The van der Waals surface area contributed by atoms with E-state index in [1.165, 1.54) is 50.0 Å². The molecule has 0 bridgehead atoms. The summed E-state index contributed by atoms with van der Waals surface area (Å²) in [5.41, 5.74) is 1.10. The number of fused-ring (bicyclic) bond motifs is 1. The van der Waals surface area contributed by atoms with Gasteiger partial charge >= 0.3 is 11.9 Å². The Labute approximate surface area is 187 Å². The number of nitrogens with zero attached hydrogens (tertiary/aromatic N) is 2. The molecule has 2 aromatic carbocycles. The van der Waals surface area contributed by atoms with Crippen molar-refractivity contribution < 1.29 is 32.3 Å². The van der Waals surface area contributed by atoms with Crippen LogP contribution in [-0.4, -0.2) is 50.8 Å². The minimum absolute atomic E-state index is 0.0481. The maximum atomic E-state index is 12.7. The predicted octanol–water partition coefficient (Wildman–Crippen LogP) is 2.20. The van der Waals surface area contributed by atoms with Gasteiger partial charge in [0.15, 0.2) is 14.6 Å². The number of carbonyl (C=O) groups excluding carboxylic acids is 3. The molecule has 11 heteroatoms. The van der Waals surface area contributed by atoms with E-state index in [4.69, 9.17) is 9.47 Å². The van der Waals surface area contributed by atoms with Crippen LogP contribution in [0.3, 0.4) is 0 Å². The highest BCUT2D eigenvalue weighted by molar-refractivity contribution is 7.91. The number of ether oxygens (including phenoxy) is 2. The predicted molar refractivity (Wildman–Crippen MR) is 117 cm³/mol. The van der Waals surface area contributed by atoms with E-state index in [-0.39, 0.29) is 27.6 Å². The highest BCUT2D eigenvalue weighted by Crippen LogP contribution is 2.20. The fourth-order valence-electron chi connectivity index (χ4n) is 2.87. The van der Waals surface area contributed by atoms with Gasteiger partial charge in [-0.15, -0.1) is 0 Å². The maximum Gasteiger partial charge on any atom is 0.337 e. The molecule has 168 valence electrons. The van der Waals surface area contributed by atoms with Crippen molar-refractivity contribution in [3.05, 3.63) is 58.4 Å². The van der Waals surface area contributed by atoms with Crippen LogP contribution in [0.5, 0.6) is 0 Å². The molecule has 0 saturated carbocycles. The van der Waals surface area contributed by atoms with Gasteiger partial charge in [-0.2, -0.15) is 4.99 Å². The standard InChI is InChI=1S/C21H20N2O7S2/c1-4-32(27,28)15-8-5-13(6-9-15)19(25)22-21-23(12-18(24)29-2)16-10-7-14(20(26)30-3)11-17(16)31-21/h5-11H,4,12H2,1-3H3. The highest BCUT2D eigenvalue weighted by atomic mass is 32.2. The molecule has 0 radical (unpaired) electrons. The van der Waals surface area contributed by atoms with Gasteiger partial charge in [0.05, 0.1) is 40.6 Å². The normalized spacial score (nSPS) is 12.0. The summed E-state index contributed by atoms with van der Waals surface area (Å²) in [7, 11) is -0.863.